The monoisotopic (exact) mass is 471 g/mol. The van der Waals surface area contributed by atoms with Crippen LogP contribution in [0.1, 0.15) is 24.7 Å². The van der Waals surface area contributed by atoms with Crippen molar-refractivity contribution in [1.29, 1.82) is 0 Å². The van der Waals surface area contributed by atoms with Gasteiger partial charge in [0.2, 0.25) is 0 Å². The SMILES string of the molecule is CN=C(NCCCn1nc(C)cc1C)NCC(C)Oc1ccccc1.I. The summed E-state index contributed by atoms with van der Waals surface area (Å²) < 4.78 is 7.90. The molecule has 0 amide bonds. The third-order valence-corrected chi connectivity index (χ3v) is 3.80. The molecule has 0 fully saturated rings. The van der Waals surface area contributed by atoms with Crippen molar-refractivity contribution in [3.63, 3.8) is 0 Å². The van der Waals surface area contributed by atoms with Crippen molar-refractivity contribution in [3.05, 3.63) is 47.8 Å². The molecule has 1 heterocycles. The normalized spacial score (nSPS) is 12.2. The van der Waals surface area contributed by atoms with E-state index in [-0.39, 0.29) is 30.1 Å². The van der Waals surface area contributed by atoms with Crippen LogP contribution in [0.25, 0.3) is 0 Å². The van der Waals surface area contributed by atoms with E-state index in [1.165, 1.54) is 5.69 Å². The van der Waals surface area contributed by atoms with Gasteiger partial charge in [0.05, 0.1) is 12.2 Å². The van der Waals surface area contributed by atoms with Crippen molar-refractivity contribution >= 4 is 29.9 Å². The average Bonchev–Trinajstić information content (AvgIpc) is 2.92. The van der Waals surface area contributed by atoms with Crippen molar-refractivity contribution < 1.29 is 4.74 Å². The molecule has 26 heavy (non-hydrogen) atoms. The van der Waals surface area contributed by atoms with Crippen molar-refractivity contribution in [2.24, 2.45) is 4.99 Å². The second kappa shape index (κ2) is 11.8. The van der Waals surface area contributed by atoms with Gasteiger partial charge in [-0.1, -0.05) is 18.2 Å². The fourth-order valence-corrected chi connectivity index (χ4v) is 2.57. The first-order chi connectivity index (χ1) is 12.1. The Kier molecular flexibility index (Phi) is 10.1. The Morgan fingerprint density at radius 3 is 2.58 bits per heavy atom. The van der Waals surface area contributed by atoms with Crippen LogP contribution in [0.15, 0.2) is 41.4 Å². The van der Waals surface area contributed by atoms with Gasteiger partial charge in [0.1, 0.15) is 11.9 Å². The molecular formula is C19H30IN5O. The quantitative estimate of drug-likeness (QED) is 0.269. The van der Waals surface area contributed by atoms with Gasteiger partial charge in [-0.25, -0.2) is 0 Å². The molecule has 2 N–H and O–H groups in total. The van der Waals surface area contributed by atoms with Gasteiger partial charge in [-0.15, -0.1) is 24.0 Å². The third kappa shape index (κ3) is 7.63. The lowest BCUT2D eigenvalue weighted by atomic mass is 10.3. The molecule has 1 aromatic heterocycles. The smallest absolute Gasteiger partial charge is 0.191 e. The Hall–Kier alpha value is -1.77. The molecule has 0 saturated carbocycles. The minimum Gasteiger partial charge on any atom is -0.489 e. The number of halogens is 1. The second-order valence-electron chi connectivity index (χ2n) is 6.13. The van der Waals surface area contributed by atoms with Crippen LogP contribution in [0.2, 0.25) is 0 Å². The highest BCUT2D eigenvalue weighted by atomic mass is 127. The largest absolute Gasteiger partial charge is 0.489 e. The molecule has 0 radical (unpaired) electrons. The number of ether oxygens (including phenoxy) is 1. The predicted molar refractivity (Wildman–Crippen MR) is 118 cm³/mol. The molecule has 2 rings (SSSR count). The summed E-state index contributed by atoms with van der Waals surface area (Å²) >= 11 is 0. The van der Waals surface area contributed by atoms with Gasteiger partial charge < -0.3 is 15.4 Å². The standard InChI is InChI=1S/C19H29N5O.HI/c1-15-13-16(2)24(23-15)12-8-11-21-19(20-4)22-14-17(3)25-18-9-6-5-7-10-18;/h5-7,9-10,13,17H,8,11-12,14H2,1-4H3,(H2,20,21,22);1H. The van der Waals surface area contributed by atoms with Crippen molar-refractivity contribution in [2.75, 3.05) is 20.1 Å². The minimum atomic E-state index is 0. The summed E-state index contributed by atoms with van der Waals surface area (Å²) in [6.07, 6.45) is 1.04. The van der Waals surface area contributed by atoms with E-state index >= 15 is 0 Å². The van der Waals surface area contributed by atoms with Gasteiger partial charge in [-0.2, -0.15) is 5.10 Å². The van der Waals surface area contributed by atoms with Crippen molar-refractivity contribution in [3.8, 4) is 5.75 Å². The molecule has 0 saturated heterocycles. The predicted octanol–water partition coefficient (Wildman–Crippen LogP) is 3.14. The first-order valence-corrected chi connectivity index (χ1v) is 8.75. The fourth-order valence-electron chi connectivity index (χ4n) is 2.57. The number of rotatable bonds is 8. The van der Waals surface area contributed by atoms with E-state index < -0.39 is 0 Å². The molecule has 6 nitrogen and oxygen atoms in total. The fraction of sp³-hybridized carbons (Fsp3) is 0.474. The molecule has 1 atom stereocenters. The molecule has 0 aliphatic carbocycles. The van der Waals surface area contributed by atoms with E-state index in [4.69, 9.17) is 4.74 Å². The van der Waals surface area contributed by atoms with Crippen LogP contribution in [0.3, 0.4) is 0 Å². The van der Waals surface area contributed by atoms with Crippen LogP contribution in [0.4, 0.5) is 0 Å². The zero-order valence-corrected chi connectivity index (χ0v) is 18.4. The maximum Gasteiger partial charge on any atom is 0.191 e. The summed E-state index contributed by atoms with van der Waals surface area (Å²) in [5.41, 5.74) is 2.27. The van der Waals surface area contributed by atoms with E-state index in [1.54, 1.807) is 7.05 Å². The van der Waals surface area contributed by atoms with E-state index in [2.05, 4.69) is 33.7 Å². The molecule has 0 bridgehead atoms. The Morgan fingerprint density at radius 2 is 1.96 bits per heavy atom. The second-order valence-corrected chi connectivity index (χ2v) is 6.13. The zero-order valence-electron chi connectivity index (χ0n) is 16.0. The Labute approximate surface area is 173 Å². The molecule has 144 valence electrons. The Balaban J connectivity index is 0.00000338. The summed E-state index contributed by atoms with van der Waals surface area (Å²) in [5, 5.41) is 11.1. The van der Waals surface area contributed by atoms with Gasteiger partial charge in [-0.05, 0) is 45.4 Å². The number of aromatic nitrogens is 2. The van der Waals surface area contributed by atoms with Crippen LogP contribution in [-0.4, -0.2) is 42.0 Å². The highest BCUT2D eigenvalue weighted by Crippen LogP contribution is 2.10. The van der Waals surface area contributed by atoms with Crippen LogP contribution in [-0.2, 0) is 6.54 Å². The third-order valence-electron chi connectivity index (χ3n) is 3.80. The highest BCUT2D eigenvalue weighted by Gasteiger charge is 2.06. The van der Waals surface area contributed by atoms with Gasteiger partial charge in [0.25, 0.3) is 0 Å². The topological polar surface area (TPSA) is 63.5 Å². The van der Waals surface area contributed by atoms with Crippen molar-refractivity contribution in [2.45, 2.75) is 39.8 Å². The lowest BCUT2D eigenvalue weighted by Gasteiger charge is -2.17. The average molecular weight is 471 g/mol. The number of para-hydroxylation sites is 1. The Bertz CT molecular complexity index is 672. The number of aryl methyl sites for hydroxylation is 3. The summed E-state index contributed by atoms with van der Waals surface area (Å²) in [7, 11) is 1.78. The highest BCUT2D eigenvalue weighted by molar-refractivity contribution is 14.0. The molecule has 2 aromatic rings. The molecule has 0 spiro atoms. The molecular weight excluding hydrogens is 441 g/mol. The minimum absolute atomic E-state index is 0. The summed E-state index contributed by atoms with van der Waals surface area (Å²) in [6.45, 7) is 8.57. The first kappa shape index (κ1) is 22.3. The number of hydrogen-bond donors (Lipinski definition) is 2. The van der Waals surface area contributed by atoms with Crippen LogP contribution in [0, 0.1) is 13.8 Å². The maximum absolute atomic E-state index is 5.85. The zero-order chi connectivity index (χ0) is 18.1. The Morgan fingerprint density at radius 1 is 1.23 bits per heavy atom. The molecule has 1 unspecified atom stereocenters. The number of hydrogen-bond acceptors (Lipinski definition) is 3. The molecule has 1 aromatic carbocycles. The van der Waals surface area contributed by atoms with Crippen molar-refractivity contribution in [1.82, 2.24) is 20.4 Å². The van der Waals surface area contributed by atoms with Crippen LogP contribution >= 0.6 is 24.0 Å². The first-order valence-electron chi connectivity index (χ1n) is 8.75. The molecule has 0 aliphatic heterocycles. The summed E-state index contributed by atoms with van der Waals surface area (Å²) in [4.78, 5) is 4.25. The number of aliphatic imine (C=N–C) groups is 1. The summed E-state index contributed by atoms with van der Waals surface area (Å²) in [6, 6.07) is 11.9. The van der Waals surface area contributed by atoms with Crippen LogP contribution in [0.5, 0.6) is 5.75 Å². The van der Waals surface area contributed by atoms with E-state index in [9.17, 15) is 0 Å². The van der Waals surface area contributed by atoms with E-state index in [1.807, 2.05) is 48.9 Å². The molecule has 0 aliphatic rings. The lowest BCUT2D eigenvalue weighted by molar-refractivity contribution is 0.224. The number of nitrogens with one attached hydrogen (secondary N) is 2. The summed E-state index contributed by atoms with van der Waals surface area (Å²) in [5.74, 6) is 1.67. The van der Waals surface area contributed by atoms with Gasteiger partial charge in [0.15, 0.2) is 5.96 Å². The van der Waals surface area contributed by atoms with Gasteiger partial charge in [-0.3, -0.25) is 9.67 Å². The number of benzene rings is 1. The van der Waals surface area contributed by atoms with Gasteiger partial charge >= 0.3 is 0 Å². The van der Waals surface area contributed by atoms with E-state index in [0.29, 0.717) is 6.54 Å². The maximum atomic E-state index is 5.85. The van der Waals surface area contributed by atoms with Gasteiger partial charge in [0, 0.05) is 25.8 Å². The number of nitrogens with zero attached hydrogens (tertiary/aromatic N) is 3. The van der Waals surface area contributed by atoms with Crippen LogP contribution < -0.4 is 15.4 Å². The number of guanidine groups is 1. The van der Waals surface area contributed by atoms with E-state index in [0.717, 1.165) is 36.9 Å². The molecule has 7 heteroatoms. The lowest BCUT2D eigenvalue weighted by Crippen LogP contribution is -2.42.